The normalized spacial score (nSPS) is 10.9. The van der Waals surface area contributed by atoms with Gasteiger partial charge in [0.15, 0.2) is 18.3 Å². The molecule has 1 aromatic carbocycles. The largest absolute Gasteiger partial charge is 0.456 e. The first-order chi connectivity index (χ1) is 13.4. The molecule has 0 fully saturated rings. The molecule has 1 amide bonds. The highest BCUT2D eigenvalue weighted by molar-refractivity contribution is 5.80. The van der Waals surface area contributed by atoms with Gasteiger partial charge < -0.3 is 19.2 Å². The first-order valence-electron chi connectivity index (χ1n) is 9.49. The van der Waals surface area contributed by atoms with E-state index >= 15 is 0 Å². The van der Waals surface area contributed by atoms with Gasteiger partial charge in [-0.05, 0) is 27.2 Å². The van der Waals surface area contributed by atoms with Crippen molar-refractivity contribution < 1.29 is 23.5 Å². The van der Waals surface area contributed by atoms with Crippen LogP contribution in [0.4, 0.5) is 0 Å². The third-order valence-corrected chi connectivity index (χ3v) is 3.89. The molecule has 2 aromatic rings. The highest BCUT2D eigenvalue weighted by atomic mass is 16.5. The summed E-state index contributed by atoms with van der Waals surface area (Å²) in [5.74, 6) is 0.329. The van der Waals surface area contributed by atoms with E-state index in [2.05, 4.69) is 10.3 Å². The average molecular weight is 388 g/mol. The Kier molecular flexibility index (Phi) is 8.68. The maximum absolute atomic E-state index is 11.8. The Morgan fingerprint density at radius 3 is 2.68 bits per heavy atom. The molecule has 0 unspecified atom stereocenters. The molecule has 7 heteroatoms. The molecule has 1 aromatic heterocycles. The SMILES string of the molecule is Cc1ccc(-c2cnc(CCC(=O)OCC(=O)NCCCOC(C)C)o2)cc1. The topological polar surface area (TPSA) is 90.7 Å². The predicted molar refractivity (Wildman–Crippen MR) is 105 cm³/mol. The van der Waals surface area contributed by atoms with Gasteiger partial charge in [-0.1, -0.05) is 29.8 Å². The maximum atomic E-state index is 11.8. The van der Waals surface area contributed by atoms with Crippen LogP contribution in [0.2, 0.25) is 0 Å². The molecule has 28 heavy (non-hydrogen) atoms. The molecule has 0 radical (unpaired) electrons. The zero-order valence-corrected chi connectivity index (χ0v) is 16.7. The summed E-state index contributed by atoms with van der Waals surface area (Å²) in [5, 5.41) is 2.68. The van der Waals surface area contributed by atoms with Crippen LogP contribution in [0.3, 0.4) is 0 Å². The number of aryl methyl sites for hydroxylation is 2. The van der Waals surface area contributed by atoms with Gasteiger partial charge in [-0.2, -0.15) is 0 Å². The second kappa shape index (κ2) is 11.2. The van der Waals surface area contributed by atoms with Crippen molar-refractivity contribution in [1.29, 1.82) is 0 Å². The van der Waals surface area contributed by atoms with Crippen LogP contribution in [0, 0.1) is 6.92 Å². The standard InChI is InChI=1S/C21H28N2O5/c1-15(2)26-12-4-11-22-19(24)14-27-21(25)10-9-20-23-13-18(28-20)17-7-5-16(3)6-8-17/h5-8,13,15H,4,9-12,14H2,1-3H3,(H,22,24). The number of carbonyl (C=O) groups excluding carboxylic acids is 2. The summed E-state index contributed by atoms with van der Waals surface area (Å²) in [5.41, 5.74) is 2.10. The van der Waals surface area contributed by atoms with Gasteiger partial charge in [0.2, 0.25) is 0 Å². The molecule has 0 spiro atoms. The number of nitrogens with one attached hydrogen (secondary N) is 1. The van der Waals surface area contributed by atoms with Crippen molar-refractivity contribution in [3.63, 3.8) is 0 Å². The lowest BCUT2D eigenvalue weighted by atomic mass is 10.1. The minimum Gasteiger partial charge on any atom is -0.456 e. The quantitative estimate of drug-likeness (QED) is 0.470. The van der Waals surface area contributed by atoms with Gasteiger partial charge in [-0.25, -0.2) is 4.98 Å². The van der Waals surface area contributed by atoms with Crippen LogP contribution in [0.5, 0.6) is 0 Å². The lowest BCUT2D eigenvalue weighted by Gasteiger charge is -2.08. The minimum atomic E-state index is -0.464. The van der Waals surface area contributed by atoms with Crippen molar-refractivity contribution in [2.24, 2.45) is 0 Å². The van der Waals surface area contributed by atoms with E-state index in [1.165, 1.54) is 5.56 Å². The van der Waals surface area contributed by atoms with E-state index in [1.54, 1.807) is 6.20 Å². The summed E-state index contributed by atoms with van der Waals surface area (Å²) in [4.78, 5) is 27.6. The van der Waals surface area contributed by atoms with E-state index in [0.29, 0.717) is 37.6 Å². The van der Waals surface area contributed by atoms with E-state index in [1.807, 2.05) is 45.0 Å². The minimum absolute atomic E-state index is 0.101. The van der Waals surface area contributed by atoms with Gasteiger partial charge in [-0.3, -0.25) is 9.59 Å². The molecule has 0 atom stereocenters. The molecule has 2 rings (SSSR count). The van der Waals surface area contributed by atoms with E-state index < -0.39 is 5.97 Å². The third kappa shape index (κ3) is 7.92. The number of hydrogen-bond acceptors (Lipinski definition) is 6. The lowest BCUT2D eigenvalue weighted by molar-refractivity contribution is -0.148. The number of amides is 1. The van der Waals surface area contributed by atoms with Gasteiger partial charge in [0.05, 0.1) is 18.7 Å². The van der Waals surface area contributed by atoms with Gasteiger partial charge in [0.1, 0.15) is 0 Å². The molecule has 0 aliphatic heterocycles. The molecule has 0 saturated carbocycles. The maximum Gasteiger partial charge on any atom is 0.306 e. The zero-order chi connectivity index (χ0) is 20.4. The molecule has 0 aliphatic rings. The Morgan fingerprint density at radius 1 is 1.21 bits per heavy atom. The molecule has 0 bridgehead atoms. The van der Waals surface area contributed by atoms with Gasteiger partial charge in [0, 0.05) is 25.1 Å². The van der Waals surface area contributed by atoms with Crippen LogP contribution in [0.15, 0.2) is 34.9 Å². The fraction of sp³-hybridized carbons (Fsp3) is 0.476. The number of ether oxygens (including phenoxy) is 2. The number of carbonyl (C=O) groups is 2. The Labute approximate surface area is 165 Å². The van der Waals surface area contributed by atoms with Crippen LogP contribution < -0.4 is 5.32 Å². The number of rotatable bonds is 11. The Balaban J connectivity index is 1.63. The fourth-order valence-corrected chi connectivity index (χ4v) is 2.37. The molecular weight excluding hydrogens is 360 g/mol. The van der Waals surface area contributed by atoms with Crippen molar-refractivity contribution in [2.75, 3.05) is 19.8 Å². The monoisotopic (exact) mass is 388 g/mol. The molecule has 0 saturated heterocycles. The van der Waals surface area contributed by atoms with E-state index in [-0.39, 0.29) is 25.0 Å². The summed E-state index contributed by atoms with van der Waals surface area (Å²) in [6.07, 6.45) is 2.95. The number of hydrogen-bond donors (Lipinski definition) is 1. The van der Waals surface area contributed by atoms with Crippen LogP contribution in [-0.4, -0.2) is 42.7 Å². The van der Waals surface area contributed by atoms with Gasteiger partial charge in [0.25, 0.3) is 5.91 Å². The Bertz CT molecular complexity index is 752. The van der Waals surface area contributed by atoms with Crippen molar-refractivity contribution in [1.82, 2.24) is 10.3 Å². The second-order valence-corrected chi connectivity index (χ2v) is 6.77. The summed E-state index contributed by atoms with van der Waals surface area (Å²) >= 11 is 0. The van der Waals surface area contributed by atoms with Crippen molar-refractivity contribution in [3.8, 4) is 11.3 Å². The fourth-order valence-electron chi connectivity index (χ4n) is 2.37. The van der Waals surface area contributed by atoms with Crippen LogP contribution in [0.25, 0.3) is 11.3 Å². The predicted octanol–water partition coefficient (Wildman–Crippen LogP) is 3.06. The molecule has 1 heterocycles. The van der Waals surface area contributed by atoms with Crippen LogP contribution in [-0.2, 0) is 25.5 Å². The molecule has 152 valence electrons. The van der Waals surface area contributed by atoms with E-state index in [9.17, 15) is 9.59 Å². The van der Waals surface area contributed by atoms with E-state index in [4.69, 9.17) is 13.9 Å². The molecule has 0 aliphatic carbocycles. The van der Waals surface area contributed by atoms with E-state index in [0.717, 1.165) is 5.56 Å². The number of esters is 1. The highest BCUT2D eigenvalue weighted by Crippen LogP contribution is 2.21. The first-order valence-corrected chi connectivity index (χ1v) is 9.49. The lowest BCUT2D eigenvalue weighted by Crippen LogP contribution is -2.30. The van der Waals surface area contributed by atoms with Crippen molar-refractivity contribution >= 4 is 11.9 Å². The van der Waals surface area contributed by atoms with Gasteiger partial charge in [-0.15, -0.1) is 0 Å². The van der Waals surface area contributed by atoms with Crippen molar-refractivity contribution in [3.05, 3.63) is 41.9 Å². The summed E-state index contributed by atoms with van der Waals surface area (Å²) in [7, 11) is 0. The summed E-state index contributed by atoms with van der Waals surface area (Å²) in [6.45, 7) is 6.71. The third-order valence-electron chi connectivity index (χ3n) is 3.89. The highest BCUT2D eigenvalue weighted by Gasteiger charge is 2.11. The smallest absolute Gasteiger partial charge is 0.306 e. The molecule has 1 N–H and O–H groups in total. The van der Waals surface area contributed by atoms with Crippen LogP contribution >= 0.6 is 0 Å². The number of oxazole rings is 1. The zero-order valence-electron chi connectivity index (χ0n) is 16.7. The number of nitrogens with zero attached hydrogens (tertiary/aromatic N) is 1. The number of aromatic nitrogens is 1. The van der Waals surface area contributed by atoms with Gasteiger partial charge >= 0.3 is 5.97 Å². The number of benzene rings is 1. The average Bonchev–Trinajstić information content (AvgIpc) is 3.14. The Morgan fingerprint density at radius 2 is 1.96 bits per heavy atom. The first kappa shape index (κ1) is 21.6. The van der Waals surface area contributed by atoms with Crippen LogP contribution in [0.1, 0.15) is 38.1 Å². The van der Waals surface area contributed by atoms with Crippen molar-refractivity contribution in [2.45, 2.75) is 46.1 Å². The summed E-state index contributed by atoms with van der Waals surface area (Å²) < 4.78 is 16.0. The second-order valence-electron chi connectivity index (χ2n) is 6.77. The molecular formula is C21H28N2O5. The molecule has 7 nitrogen and oxygen atoms in total. The Hall–Kier alpha value is -2.67. The summed E-state index contributed by atoms with van der Waals surface area (Å²) in [6, 6.07) is 7.91.